The average Bonchev–Trinajstić information content (AvgIpc) is 2.01. The highest BCUT2D eigenvalue weighted by Gasteiger charge is 2.22. The third kappa shape index (κ3) is 8.09. The van der Waals surface area contributed by atoms with Gasteiger partial charge in [0.05, 0.1) is 0 Å². The molecule has 0 radical (unpaired) electrons. The zero-order chi connectivity index (χ0) is 12.1. The number of ether oxygens (including phenoxy) is 1. The van der Waals surface area contributed by atoms with Crippen LogP contribution >= 0.6 is 0 Å². The van der Waals surface area contributed by atoms with E-state index in [9.17, 15) is 0 Å². The van der Waals surface area contributed by atoms with E-state index < -0.39 is 16.1 Å². The fraction of sp³-hybridized carbons (Fsp3) is 0.429. The standard InChI is InChI=1S/C7H12N2O.H2O4S/c1-10-7(9)4-2-3-6(8)5-7;1-5(2,3)4/h2-4H,5,8-9H2,1H3;(H2,1,2,3,4). The van der Waals surface area contributed by atoms with E-state index in [4.69, 9.17) is 33.7 Å². The normalized spacial score (nSPS) is 25.2. The molecule has 15 heavy (non-hydrogen) atoms. The zero-order valence-electron chi connectivity index (χ0n) is 8.12. The van der Waals surface area contributed by atoms with E-state index in [0.29, 0.717) is 6.42 Å². The summed E-state index contributed by atoms with van der Waals surface area (Å²) in [5, 5.41) is 0. The lowest BCUT2D eigenvalue weighted by molar-refractivity contribution is 0.0369. The van der Waals surface area contributed by atoms with Gasteiger partial charge in [0.15, 0.2) is 0 Å². The predicted octanol–water partition coefficient (Wildman–Crippen LogP) is -0.562. The molecule has 1 atom stereocenters. The maximum absolute atomic E-state index is 8.74. The first kappa shape index (κ1) is 14.1. The monoisotopic (exact) mass is 238 g/mol. The molecule has 0 spiro atoms. The maximum Gasteiger partial charge on any atom is 0.394 e. The summed E-state index contributed by atoms with van der Waals surface area (Å²) in [7, 11) is -3.09. The Morgan fingerprint density at radius 1 is 1.53 bits per heavy atom. The van der Waals surface area contributed by atoms with Crippen LogP contribution in [0.25, 0.3) is 0 Å². The highest BCUT2D eigenvalue weighted by atomic mass is 32.3. The molecule has 0 saturated heterocycles. The van der Waals surface area contributed by atoms with Crippen LogP contribution in [0.4, 0.5) is 0 Å². The van der Waals surface area contributed by atoms with E-state index in [-0.39, 0.29) is 0 Å². The Balaban J connectivity index is 0.000000336. The van der Waals surface area contributed by atoms with Gasteiger partial charge in [-0.05, 0) is 12.2 Å². The van der Waals surface area contributed by atoms with E-state index in [1.807, 2.05) is 12.2 Å². The molecule has 1 unspecified atom stereocenters. The minimum Gasteiger partial charge on any atom is -0.402 e. The quantitative estimate of drug-likeness (QED) is 0.355. The van der Waals surface area contributed by atoms with Crippen molar-refractivity contribution >= 4 is 10.4 Å². The summed E-state index contributed by atoms with van der Waals surface area (Å²) in [6.07, 6.45) is 6.00. The number of rotatable bonds is 1. The summed E-state index contributed by atoms with van der Waals surface area (Å²) in [6.45, 7) is 0. The minimum atomic E-state index is -4.67. The molecule has 6 N–H and O–H groups in total. The van der Waals surface area contributed by atoms with E-state index in [1.54, 1.807) is 13.2 Å². The first-order valence-corrected chi connectivity index (χ1v) is 5.24. The molecule has 0 heterocycles. The molecule has 1 rings (SSSR count). The number of nitrogens with two attached hydrogens (primary N) is 2. The zero-order valence-corrected chi connectivity index (χ0v) is 8.94. The lowest BCUT2D eigenvalue weighted by Crippen LogP contribution is -2.41. The van der Waals surface area contributed by atoms with Crippen molar-refractivity contribution in [2.45, 2.75) is 12.1 Å². The second-order valence-electron chi connectivity index (χ2n) is 2.88. The average molecular weight is 238 g/mol. The largest absolute Gasteiger partial charge is 0.402 e. The maximum atomic E-state index is 8.74. The van der Waals surface area contributed by atoms with Gasteiger partial charge in [0.1, 0.15) is 5.72 Å². The van der Waals surface area contributed by atoms with Crippen LogP contribution in [0.15, 0.2) is 23.9 Å². The fourth-order valence-corrected chi connectivity index (χ4v) is 0.912. The van der Waals surface area contributed by atoms with Gasteiger partial charge in [-0.1, -0.05) is 6.08 Å². The van der Waals surface area contributed by atoms with Crippen molar-refractivity contribution in [2.75, 3.05) is 7.11 Å². The Bertz CT molecular complexity index is 354. The Labute approximate surface area is 88.0 Å². The predicted molar refractivity (Wildman–Crippen MR) is 54.1 cm³/mol. The van der Waals surface area contributed by atoms with Crippen molar-refractivity contribution in [3.63, 3.8) is 0 Å². The number of hydrogen-bond donors (Lipinski definition) is 4. The van der Waals surface area contributed by atoms with Gasteiger partial charge >= 0.3 is 10.4 Å². The second-order valence-corrected chi connectivity index (χ2v) is 3.78. The smallest absolute Gasteiger partial charge is 0.394 e. The van der Waals surface area contributed by atoms with E-state index in [2.05, 4.69) is 0 Å². The number of hydrogen-bond acceptors (Lipinski definition) is 5. The molecule has 1 aliphatic rings. The van der Waals surface area contributed by atoms with Crippen molar-refractivity contribution < 1.29 is 22.3 Å². The molecule has 0 aliphatic heterocycles. The van der Waals surface area contributed by atoms with E-state index in [0.717, 1.165) is 5.70 Å². The fourth-order valence-electron chi connectivity index (χ4n) is 0.912. The van der Waals surface area contributed by atoms with Crippen molar-refractivity contribution in [1.29, 1.82) is 0 Å². The molecule has 0 fully saturated rings. The summed E-state index contributed by atoms with van der Waals surface area (Å²) in [6, 6.07) is 0. The van der Waals surface area contributed by atoms with Crippen LogP contribution < -0.4 is 11.5 Å². The third-order valence-corrected chi connectivity index (χ3v) is 1.55. The van der Waals surface area contributed by atoms with Crippen LogP contribution in [0, 0.1) is 0 Å². The number of methoxy groups -OCH3 is 1. The van der Waals surface area contributed by atoms with Crippen LogP contribution in [0.2, 0.25) is 0 Å². The van der Waals surface area contributed by atoms with Gasteiger partial charge in [0.2, 0.25) is 0 Å². The van der Waals surface area contributed by atoms with Crippen LogP contribution in [-0.2, 0) is 15.1 Å². The van der Waals surface area contributed by atoms with Gasteiger partial charge in [0.25, 0.3) is 0 Å². The lowest BCUT2D eigenvalue weighted by atomic mass is 10.0. The third-order valence-electron chi connectivity index (χ3n) is 1.55. The van der Waals surface area contributed by atoms with Crippen LogP contribution in [0.1, 0.15) is 6.42 Å². The first-order chi connectivity index (χ1) is 6.66. The Hall–Kier alpha value is -0.930. The molecule has 88 valence electrons. The highest BCUT2D eigenvalue weighted by molar-refractivity contribution is 7.79. The van der Waals surface area contributed by atoms with E-state index in [1.165, 1.54) is 0 Å². The van der Waals surface area contributed by atoms with E-state index >= 15 is 0 Å². The summed E-state index contributed by atoms with van der Waals surface area (Å²) < 4.78 is 36.6. The van der Waals surface area contributed by atoms with Gasteiger partial charge in [-0.15, -0.1) is 0 Å². The SMILES string of the molecule is COC1(N)C=CC=C(N)C1.O=S(=O)(O)O. The Morgan fingerprint density at radius 3 is 2.27 bits per heavy atom. The molecule has 7 nitrogen and oxygen atoms in total. The van der Waals surface area contributed by atoms with Gasteiger partial charge in [-0.3, -0.25) is 14.8 Å². The molecule has 1 aliphatic carbocycles. The minimum absolute atomic E-state index is 0.569. The molecular weight excluding hydrogens is 224 g/mol. The van der Waals surface area contributed by atoms with Gasteiger partial charge in [-0.2, -0.15) is 8.42 Å². The van der Waals surface area contributed by atoms with Crippen LogP contribution in [0.3, 0.4) is 0 Å². The van der Waals surface area contributed by atoms with Crippen molar-refractivity contribution in [2.24, 2.45) is 11.5 Å². The summed E-state index contributed by atoms with van der Waals surface area (Å²) in [4.78, 5) is 0. The Morgan fingerprint density at radius 2 is 2.00 bits per heavy atom. The van der Waals surface area contributed by atoms with Crippen LogP contribution in [-0.4, -0.2) is 30.4 Å². The Kier molecular flexibility index (Phi) is 4.91. The molecule has 8 heteroatoms. The van der Waals surface area contributed by atoms with Gasteiger partial charge < -0.3 is 10.5 Å². The molecular formula is C7H14N2O5S. The van der Waals surface area contributed by atoms with Gasteiger partial charge in [0, 0.05) is 19.2 Å². The van der Waals surface area contributed by atoms with Crippen molar-refractivity contribution in [3.05, 3.63) is 23.9 Å². The first-order valence-electron chi connectivity index (χ1n) is 3.84. The number of allylic oxidation sites excluding steroid dienone is 2. The summed E-state index contributed by atoms with van der Waals surface area (Å²) in [5.41, 5.74) is 11.3. The molecule has 0 saturated carbocycles. The van der Waals surface area contributed by atoms with Gasteiger partial charge in [-0.25, -0.2) is 0 Å². The summed E-state index contributed by atoms with van der Waals surface area (Å²) in [5.74, 6) is 0. The molecule has 0 amide bonds. The van der Waals surface area contributed by atoms with Crippen LogP contribution in [0.5, 0.6) is 0 Å². The highest BCUT2D eigenvalue weighted by Crippen LogP contribution is 2.17. The lowest BCUT2D eigenvalue weighted by Gasteiger charge is -2.26. The van der Waals surface area contributed by atoms with Crippen molar-refractivity contribution in [1.82, 2.24) is 0 Å². The topological polar surface area (TPSA) is 136 Å². The molecule has 0 aromatic carbocycles. The summed E-state index contributed by atoms with van der Waals surface area (Å²) >= 11 is 0. The molecule has 0 aromatic heterocycles. The van der Waals surface area contributed by atoms with Crippen molar-refractivity contribution in [3.8, 4) is 0 Å². The second kappa shape index (κ2) is 5.24. The molecule has 0 bridgehead atoms. The molecule has 0 aromatic rings.